The Morgan fingerprint density at radius 2 is 1.43 bits per heavy atom. The summed E-state index contributed by atoms with van der Waals surface area (Å²) in [6.45, 7) is 11.5. The molecule has 0 aromatic carbocycles. The predicted octanol–water partition coefficient (Wildman–Crippen LogP) is 3.58. The smallest absolute Gasteiger partial charge is 0.138 e. The monoisotopic (exact) mass is 320 g/mol. The molecule has 1 aliphatic heterocycles. The number of rotatable bonds is 5. The van der Waals surface area contributed by atoms with Crippen molar-refractivity contribution in [3.05, 3.63) is 0 Å². The van der Waals surface area contributed by atoms with Crippen LogP contribution in [-0.2, 0) is 4.79 Å². The van der Waals surface area contributed by atoms with E-state index in [1.54, 1.807) is 0 Å². The molecule has 0 aromatic heterocycles. The Hall–Kier alpha value is -0.410. The molecule has 3 rings (SSSR count). The maximum atomic E-state index is 12.2. The summed E-state index contributed by atoms with van der Waals surface area (Å²) in [6, 6.07) is 1.64. The molecule has 0 atom stereocenters. The highest BCUT2D eigenvalue weighted by molar-refractivity contribution is 5.82. The molecule has 0 aromatic rings. The van der Waals surface area contributed by atoms with Gasteiger partial charge in [0.15, 0.2) is 0 Å². The summed E-state index contributed by atoms with van der Waals surface area (Å²) in [5, 5.41) is 0. The highest BCUT2D eigenvalue weighted by Gasteiger charge is 2.36. The Morgan fingerprint density at radius 1 is 0.913 bits per heavy atom. The zero-order chi connectivity index (χ0) is 16.4. The van der Waals surface area contributed by atoms with Crippen LogP contribution < -0.4 is 0 Å². The molecule has 0 amide bonds. The van der Waals surface area contributed by atoms with E-state index in [9.17, 15) is 4.79 Å². The van der Waals surface area contributed by atoms with Gasteiger partial charge in [-0.2, -0.15) is 0 Å². The fraction of sp³-hybridized carbons (Fsp3) is 0.950. The first-order chi connectivity index (χ1) is 11.1. The Bertz CT molecular complexity index is 386. The summed E-state index contributed by atoms with van der Waals surface area (Å²) in [4.78, 5) is 17.6. The van der Waals surface area contributed by atoms with E-state index in [0.29, 0.717) is 11.7 Å². The van der Waals surface area contributed by atoms with Gasteiger partial charge in [0.05, 0.1) is 0 Å². The minimum Gasteiger partial charge on any atom is -0.299 e. The number of ketones is 1. The van der Waals surface area contributed by atoms with Crippen LogP contribution in [0, 0.1) is 17.8 Å². The largest absolute Gasteiger partial charge is 0.299 e. The van der Waals surface area contributed by atoms with E-state index in [-0.39, 0.29) is 5.92 Å². The molecule has 3 fully saturated rings. The van der Waals surface area contributed by atoms with Crippen LogP contribution >= 0.6 is 0 Å². The second-order valence-electron chi connectivity index (χ2n) is 8.53. The van der Waals surface area contributed by atoms with Crippen LogP contribution in [-0.4, -0.2) is 53.8 Å². The van der Waals surface area contributed by atoms with Crippen molar-refractivity contribution in [1.82, 2.24) is 9.80 Å². The van der Waals surface area contributed by atoms with Crippen molar-refractivity contribution < 1.29 is 4.79 Å². The molecule has 0 N–H and O–H groups in total. The molecule has 3 heteroatoms. The second-order valence-corrected chi connectivity index (χ2v) is 8.53. The minimum absolute atomic E-state index is 0.217. The fourth-order valence-corrected chi connectivity index (χ4v) is 5.00. The van der Waals surface area contributed by atoms with Gasteiger partial charge in [-0.1, -0.05) is 27.2 Å². The number of Topliss-reactive ketones (excluding diaryl/α,β-unsaturated/α-hetero) is 1. The average Bonchev–Trinajstić information content (AvgIpc) is 2.54. The van der Waals surface area contributed by atoms with Crippen LogP contribution in [0.2, 0.25) is 0 Å². The molecular weight excluding hydrogens is 284 g/mol. The van der Waals surface area contributed by atoms with Crippen molar-refractivity contribution in [1.29, 1.82) is 0 Å². The lowest BCUT2D eigenvalue weighted by Crippen LogP contribution is -2.56. The van der Waals surface area contributed by atoms with Crippen molar-refractivity contribution in [3.8, 4) is 0 Å². The normalized spacial score (nSPS) is 36.9. The zero-order valence-electron chi connectivity index (χ0n) is 15.5. The van der Waals surface area contributed by atoms with E-state index in [1.807, 2.05) is 0 Å². The molecule has 1 saturated heterocycles. The molecule has 1 heterocycles. The number of hydrogen-bond acceptors (Lipinski definition) is 3. The van der Waals surface area contributed by atoms with Crippen molar-refractivity contribution >= 4 is 5.78 Å². The summed E-state index contributed by atoms with van der Waals surface area (Å²) in [7, 11) is 0. The summed E-state index contributed by atoms with van der Waals surface area (Å²) in [6.07, 6.45) is 8.99. The van der Waals surface area contributed by atoms with Crippen LogP contribution in [0.4, 0.5) is 0 Å². The number of carbonyl (C=O) groups is 1. The molecule has 2 saturated carbocycles. The minimum atomic E-state index is 0.217. The van der Waals surface area contributed by atoms with Gasteiger partial charge in [0.25, 0.3) is 0 Å². The third-order valence-electron chi connectivity index (χ3n) is 6.84. The van der Waals surface area contributed by atoms with Gasteiger partial charge in [0, 0.05) is 50.1 Å². The molecule has 132 valence electrons. The first-order valence-electron chi connectivity index (χ1n) is 10.1. The van der Waals surface area contributed by atoms with E-state index < -0.39 is 0 Å². The lowest BCUT2D eigenvalue weighted by Gasteiger charge is -2.48. The van der Waals surface area contributed by atoms with E-state index in [1.165, 1.54) is 58.3 Å². The topological polar surface area (TPSA) is 23.6 Å². The van der Waals surface area contributed by atoms with Crippen LogP contribution in [0.25, 0.3) is 0 Å². The van der Waals surface area contributed by atoms with Crippen molar-refractivity contribution in [3.63, 3.8) is 0 Å². The van der Waals surface area contributed by atoms with Crippen LogP contribution in [0.3, 0.4) is 0 Å². The highest BCUT2D eigenvalue weighted by Crippen LogP contribution is 2.35. The number of hydrogen-bond donors (Lipinski definition) is 0. The quantitative estimate of drug-likeness (QED) is 0.773. The number of nitrogens with zero attached hydrogens (tertiary/aromatic N) is 2. The Labute approximate surface area is 142 Å². The van der Waals surface area contributed by atoms with Gasteiger partial charge in [0.2, 0.25) is 0 Å². The van der Waals surface area contributed by atoms with E-state index >= 15 is 0 Å². The summed E-state index contributed by atoms with van der Waals surface area (Å²) in [5.41, 5.74) is 0. The van der Waals surface area contributed by atoms with Gasteiger partial charge in [-0.05, 0) is 44.4 Å². The zero-order valence-corrected chi connectivity index (χ0v) is 15.5. The Balaban J connectivity index is 1.39. The SMILES string of the molecule is CCC1CC(N2CCN(C3CCC(C(=O)C(C)C)CC3)CC2)C1. The molecule has 2 aliphatic carbocycles. The van der Waals surface area contributed by atoms with Crippen LogP contribution in [0.1, 0.15) is 65.7 Å². The van der Waals surface area contributed by atoms with Crippen molar-refractivity contribution in [2.24, 2.45) is 17.8 Å². The fourth-order valence-electron chi connectivity index (χ4n) is 5.00. The van der Waals surface area contributed by atoms with Crippen molar-refractivity contribution in [2.75, 3.05) is 26.2 Å². The van der Waals surface area contributed by atoms with Gasteiger partial charge < -0.3 is 0 Å². The molecular formula is C20H36N2O. The molecule has 3 nitrogen and oxygen atoms in total. The molecule has 23 heavy (non-hydrogen) atoms. The highest BCUT2D eigenvalue weighted by atomic mass is 16.1. The van der Waals surface area contributed by atoms with E-state index in [2.05, 4.69) is 30.6 Å². The predicted molar refractivity (Wildman–Crippen MR) is 95.5 cm³/mol. The Morgan fingerprint density at radius 3 is 1.91 bits per heavy atom. The van der Waals surface area contributed by atoms with E-state index in [4.69, 9.17) is 0 Å². The lowest BCUT2D eigenvalue weighted by molar-refractivity contribution is -0.127. The first kappa shape index (κ1) is 17.4. The van der Waals surface area contributed by atoms with Gasteiger partial charge >= 0.3 is 0 Å². The molecule has 0 bridgehead atoms. The lowest BCUT2D eigenvalue weighted by atomic mass is 9.77. The van der Waals surface area contributed by atoms with Crippen molar-refractivity contribution in [2.45, 2.75) is 77.8 Å². The van der Waals surface area contributed by atoms with Crippen LogP contribution in [0.5, 0.6) is 0 Å². The molecule has 3 aliphatic rings. The maximum absolute atomic E-state index is 12.2. The van der Waals surface area contributed by atoms with Gasteiger partial charge in [-0.15, -0.1) is 0 Å². The average molecular weight is 321 g/mol. The molecule has 0 spiro atoms. The van der Waals surface area contributed by atoms with E-state index in [0.717, 1.165) is 30.8 Å². The first-order valence-corrected chi connectivity index (χ1v) is 10.1. The Kier molecular flexibility index (Phi) is 5.79. The third-order valence-corrected chi connectivity index (χ3v) is 6.84. The maximum Gasteiger partial charge on any atom is 0.138 e. The van der Waals surface area contributed by atoms with Gasteiger partial charge in [-0.3, -0.25) is 14.6 Å². The van der Waals surface area contributed by atoms with Gasteiger partial charge in [0.1, 0.15) is 5.78 Å². The van der Waals surface area contributed by atoms with Crippen LogP contribution in [0.15, 0.2) is 0 Å². The number of piperazine rings is 1. The standard InChI is InChI=1S/C20H36N2O/c1-4-16-13-19(14-16)22-11-9-21(10-12-22)18-7-5-17(6-8-18)20(23)15(2)3/h15-19H,4-14H2,1-3H3. The molecule has 0 unspecified atom stereocenters. The summed E-state index contributed by atoms with van der Waals surface area (Å²) in [5.74, 6) is 2.08. The third kappa shape index (κ3) is 3.99. The number of carbonyl (C=O) groups excluding carboxylic acids is 1. The summed E-state index contributed by atoms with van der Waals surface area (Å²) < 4.78 is 0. The second kappa shape index (κ2) is 7.65. The van der Waals surface area contributed by atoms with Gasteiger partial charge in [-0.25, -0.2) is 0 Å². The molecule has 0 radical (unpaired) electrons. The summed E-state index contributed by atoms with van der Waals surface area (Å²) >= 11 is 0.